The second-order valence-electron chi connectivity index (χ2n) is 8.09. The number of nitrogens with zero attached hydrogens (tertiary/aromatic N) is 4. The summed E-state index contributed by atoms with van der Waals surface area (Å²) in [5.74, 6) is 0.885. The van der Waals surface area contributed by atoms with Gasteiger partial charge in [-0.05, 0) is 39.0 Å². The summed E-state index contributed by atoms with van der Waals surface area (Å²) in [6.45, 7) is 8.26. The molecule has 8 heteroatoms. The Kier molecular flexibility index (Phi) is 5.08. The van der Waals surface area contributed by atoms with E-state index in [9.17, 15) is 4.79 Å². The third kappa shape index (κ3) is 4.29. The molecular weight excluding hydrogens is 390 g/mol. The van der Waals surface area contributed by atoms with E-state index in [1.54, 1.807) is 11.1 Å². The fraction of sp³-hybridized carbons (Fsp3) is 0.381. The Morgan fingerprint density at radius 1 is 1.24 bits per heavy atom. The van der Waals surface area contributed by atoms with Crippen molar-refractivity contribution >= 4 is 34.5 Å². The zero-order chi connectivity index (χ0) is 20.6. The van der Waals surface area contributed by atoms with Gasteiger partial charge in [-0.15, -0.1) is 0 Å². The van der Waals surface area contributed by atoms with Crippen molar-refractivity contribution in [3.8, 4) is 11.3 Å². The van der Waals surface area contributed by atoms with E-state index in [2.05, 4.69) is 14.9 Å². The fourth-order valence-electron chi connectivity index (χ4n) is 3.38. The van der Waals surface area contributed by atoms with Crippen LogP contribution in [0.3, 0.4) is 0 Å². The number of hydrogen-bond donors (Lipinski definition) is 1. The Morgan fingerprint density at radius 2 is 2.00 bits per heavy atom. The standard InChI is InChI=1S/C21H24ClN5O2.H2/c1-21(2,3)29-20(28)27-9-7-26(8-10-27)18-6-4-5-17(25-18)16-13-24-19-15(16)11-14(22)12-23-19;/h4-6,11-13H,7-10H2,1-3H3,(H,23,24);1H. The molecule has 1 aliphatic heterocycles. The van der Waals surface area contributed by atoms with Gasteiger partial charge in [-0.3, -0.25) is 0 Å². The Hall–Kier alpha value is -2.80. The number of anilines is 1. The average Bonchev–Trinajstić information content (AvgIpc) is 3.10. The van der Waals surface area contributed by atoms with Gasteiger partial charge in [0, 0.05) is 50.9 Å². The van der Waals surface area contributed by atoms with Gasteiger partial charge in [0.05, 0.1) is 10.7 Å². The van der Waals surface area contributed by atoms with Crippen molar-refractivity contribution in [2.24, 2.45) is 0 Å². The molecule has 29 heavy (non-hydrogen) atoms. The van der Waals surface area contributed by atoms with Crippen molar-refractivity contribution in [2.75, 3.05) is 31.1 Å². The van der Waals surface area contributed by atoms with E-state index in [4.69, 9.17) is 21.3 Å². The summed E-state index contributed by atoms with van der Waals surface area (Å²) in [6, 6.07) is 7.86. The van der Waals surface area contributed by atoms with E-state index in [-0.39, 0.29) is 7.52 Å². The minimum absolute atomic E-state index is 0. The summed E-state index contributed by atoms with van der Waals surface area (Å²) in [7, 11) is 0. The molecule has 1 amide bonds. The van der Waals surface area contributed by atoms with Crippen LogP contribution >= 0.6 is 11.6 Å². The first-order chi connectivity index (χ1) is 13.8. The molecule has 1 N–H and O–H groups in total. The van der Waals surface area contributed by atoms with Gasteiger partial charge >= 0.3 is 6.09 Å². The van der Waals surface area contributed by atoms with Gasteiger partial charge in [-0.1, -0.05) is 17.7 Å². The number of carbonyl (C=O) groups is 1. The first-order valence-corrected chi connectivity index (χ1v) is 10.0. The van der Waals surface area contributed by atoms with E-state index < -0.39 is 5.60 Å². The molecule has 1 fully saturated rings. The average molecular weight is 416 g/mol. The number of amides is 1. The molecule has 0 saturated carbocycles. The number of carbonyl (C=O) groups excluding carboxylic acids is 1. The van der Waals surface area contributed by atoms with Crippen LogP contribution in [0.4, 0.5) is 10.6 Å². The molecule has 0 bridgehead atoms. The lowest BCUT2D eigenvalue weighted by atomic mass is 10.1. The van der Waals surface area contributed by atoms with Gasteiger partial charge < -0.3 is 19.5 Å². The molecule has 7 nitrogen and oxygen atoms in total. The Labute approximate surface area is 176 Å². The maximum absolute atomic E-state index is 12.3. The van der Waals surface area contributed by atoms with E-state index >= 15 is 0 Å². The van der Waals surface area contributed by atoms with Crippen LogP contribution in [0.5, 0.6) is 0 Å². The number of aromatic nitrogens is 3. The SMILES string of the molecule is CC(C)(C)OC(=O)N1CCN(c2cccc(-c3c[nH]c4ncc(Cl)cc34)n2)CC1.[HH]. The molecule has 1 aliphatic rings. The fourth-order valence-corrected chi connectivity index (χ4v) is 3.54. The third-order valence-electron chi connectivity index (χ3n) is 4.76. The van der Waals surface area contributed by atoms with Crippen LogP contribution in [0, 0.1) is 0 Å². The van der Waals surface area contributed by atoms with Crippen LogP contribution in [-0.4, -0.2) is 57.7 Å². The molecule has 0 unspecified atom stereocenters. The highest BCUT2D eigenvalue weighted by Crippen LogP contribution is 2.29. The normalized spacial score (nSPS) is 15.0. The Bertz CT molecular complexity index is 1040. The van der Waals surface area contributed by atoms with Crippen LogP contribution in [0.1, 0.15) is 22.2 Å². The van der Waals surface area contributed by atoms with E-state index in [0.717, 1.165) is 28.1 Å². The third-order valence-corrected chi connectivity index (χ3v) is 4.97. The molecule has 0 radical (unpaired) electrons. The molecule has 0 aliphatic carbocycles. The lowest BCUT2D eigenvalue weighted by Gasteiger charge is -2.36. The van der Waals surface area contributed by atoms with Crippen LogP contribution in [0.25, 0.3) is 22.3 Å². The van der Waals surface area contributed by atoms with Crippen molar-refractivity contribution in [3.63, 3.8) is 0 Å². The lowest BCUT2D eigenvalue weighted by Crippen LogP contribution is -2.50. The van der Waals surface area contributed by atoms with Crippen molar-refractivity contribution < 1.29 is 11.0 Å². The second kappa shape index (κ2) is 7.55. The van der Waals surface area contributed by atoms with Crippen LogP contribution in [0.2, 0.25) is 5.02 Å². The summed E-state index contributed by atoms with van der Waals surface area (Å²) in [6.07, 6.45) is 3.26. The molecule has 0 aromatic carbocycles. The Morgan fingerprint density at radius 3 is 2.72 bits per heavy atom. The van der Waals surface area contributed by atoms with Crippen LogP contribution < -0.4 is 4.90 Å². The zero-order valence-corrected chi connectivity index (χ0v) is 17.5. The predicted octanol–water partition coefficient (Wildman–Crippen LogP) is 4.58. The number of halogens is 1. The summed E-state index contributed by atoms with van der Waals surface area (Å²) in [4.78, 5) is 28.5. The minimum atomic E-state index is -0.485. The monoisotopic (exact) mass is 415 g/mol. The predicted molar refractivity (Wildman–Crippen MR) is 116 cm³/mol. The Balaban J connectivity index is 0.00000256. The van der Waals surface area contributed by atoms with Gasteiger partial charge in [0.2, 0.25) is 0 Å². The largest absolute Gasteiger partial charge is 0.444 e. The summed E-state index contributed by atoms with van der Waals surface area (Å²) in [5.41, 5.74) is 2.11. The number of pyridine rings is 2. The molecule has 4 rings (SSSR count). The highest BCUT2D eigenvalue weighted by atomic mass is 35.5. The van der Waals surface area contributed by atoms with Crippen molar-refractivity contribution in [1.29, 1.82) is 0 Å². The first kappa shape index (κ1) is 19.5. The minimum Gasteiger partial charge on any atom is -0.444 e. The molecular formula is C21H26ClN5O2. The summed E-state index contributed by atoms with van der Waals surface area (Å²) < 4.78 is 5.47. The molecule has 0 spiro atoms. The van der Waals surface area contributed by atoms with E-state index in [1.807, 2.05) is 51.2 Å². The zero-order valence-electron chi connectivity index (χ0n) is 16.8. The first-order valence-electron chi connectivity index (χ1n) is 9.63. The molecule has 3 aromatic heterocycles. The topological polar surface area (TPSA) is 74.3 Å². The highest BCUT2D eigenvalue weighted by Gasteiger charge is 2.26. The molecule has 0 atom stereocenters. The lowest BCUT2D eigenvalue weighted by molar-refractivity contribution is 0.0240. The number of aromatic amines is 1. The van der Waals surface area contributed by atoms with Gasteiger partial charge in [0.1, 0.15) is 17.1 Å². The number of piperazine rings is 1. The van der Waals surface area contributed by atoms with Gasteiger partial charge in [0.15, 0.2) is 0 Å². The van der Waals surface area contributed by atoms with Crippen molar-refractivity contribution in [3.05, 3.63) is 41.7 Å². The number of nitrogens with one attached hydrogen (secondary N) is 1. The van der Waals surface area contributed by atoms with E-state index in [1.165, 1.54) is 0 Å². The van der Waals surface area contributed by atoms with Crippen LogP contribution in [0.15, 0.2) is 36.7 Å². The smallest absolute Gasteiger partial charge is 0.410 e. The maximum atomic E-state index is 12.3. The maximum Gasteiger partial charge on any atom is 0.410 e. The molecule has 4 heterocycles. The number of H-pyrrole nitrogens is 1. The number of ether oxygens (including phenoxy) is 1. The number of fused-ring (bicyclic) bond motifs is 1. The quantitative estimate of drug-likeness (QED) is 0.663. The summed E-state index contributed by atoms with van der Waals surface area (Å²) >= 11 is 6.12. The van der Waals surface area contributed by atoms with Gasteiger partial charge in [0.25, 0.3) is 0 Å². The van der Waals surface area contributed by atoms with Crippen LogP contribution in [-0.2, 0) is 4.74 Å². The molecule has 3 aromatic rings. The molecule has 154 valence electrons. The summed E-state index contributed by atoms with van der Waals surface area (Å²) in [5, 5.41) is 1.53. The molecule has 1 saturated heterocycles. The highest BCUT2D eigenvalue weighted by molar-refractivity contribution is 6.31. The van der Waals surface area contributed by atoms with Crippen molar-refractivity contribution in [1.82, 2.24) is 19.9 Å². The second-order valence-corrected chi connectivity index (χ2v) is 8.52. The number of hydrogen-bond acceptors (Lipinski definition) is 5. The number of rotatable bonds is 2. The van der Waals surface area contributed by atoms with E-state index in [0.29, 0.717) is 31.2 Å². The van der Waals surface area contributed by atoms with Gasteiger partial charge in [-0.2, -0.15) is 0 Å². The van der Waals surface area contributed by atoms with Gasteiger partial charge in [-0.25, -0.2) is 14.8 Å². The van der Waals surface area contributed by atoms with Crippen molar-refractivity contribution in [2.45, 2.75) is 26.4 Å².